The first-order valence-electron chi connectivity index (χ1n) is 10.3. The minimum atomic E-state index is -3.92. The summed E-state index contributed by atoms with van der Waals surface area (Å²) in [5, 5.41) is 6.35. The van der Waals surface area contributed by atoms with E-state index < -0.39 is 21.8 Å². The summed E-state index contributed by atoms with van der Waals surface area (Å²) in [6.07, 6.45) is 0.500. The van der Waals surface area contributed by atoms with E-state index in [0.717, 1.165) is 10.5 Å². The molecule has 0 unspecified atom stereocenters. The Morgan fingerprint density at radius 1 is 1.00 bits per heavy atom. The number of rotatable bonds is 8. The van der Waals surface area contributed by atoms with Crippen molar-refractivity contribution in [1.29, 1.82) is 0 Å². The van der Waals surface area contributed by atoms with Gasteiger partial charge in [0.25, 0.3) is 21.8 Å². The Bertz CT molecular complexity index is 1380. The summed E-state index contributed by atoms with van der Waals surface area (Å²) in [5.41, 5.74) is 2.49. The lowest BCUT2D eigenvalue weighted by Crippen LogP contribution is -2.34. The van der Waals surface area contributed by atoms with Gasteiger partial charge in [0.05, 0.1) is 10.6 Å². The molecule has 0 atom stereocenters. The molecule has 1 aliphatic rings. The van der Waals surface area contributed by atoms with Gasteiger partial charge >= 0.3 is 0 Å². The molecule has 34 heavy (non-hydrogen) atoms. The van der Waals surface area contributed by atoms with Crippen LogP contribution in [0.2, 0.25) is 0 Å². The van der Waals surface area contributed by atoms with Crippen LogP contribution < -0.4 is 10.0 Å². The first-order chi connectivity index (χ1) is 16.2. The first-order valence-corrected chi connectivity index (χ1v) is 12.2. The lowest BCUT2D eigenvalue weighted by molar-refractivity contribution is -0.137. The Kier molecular flexibility index (Phi) is 6.45. The molecule has 4 rings (SSSR count). The highest BCUT2D eigenvalue weighted by Crippen LogP contribution is 2.27. The Balaban J connectivity index is 1.44. The van der Waals surface area contributed by atoms with E-state index in [-0.39, 0.29) is 28.1 Å². The molecule has 3 aromatic rings. The average Bonchev–Trinajstić information content (AvgIpc) is 3.24. The molecule has 176 valence electrons. The van der Waals surface area contributed by atoms with E-state index >= 15 is 0 Å². The standard InChI is InChI=1S/C23H21ClN4O5S/c1-14-15(2)26-33-21(14)27-34(31,32)18-10-8-17(9-11-18)25-20-19(24)22(29)28(23(20)30)13-12-16-6-4-3-5-7-16/h3-11,25,27H,12-13H2,1-2H3. The van der Waals surface area contributed by atoms with Crippen molar-refractivity contribution in [2.24, 2.45) is 0 Å². The fourth-order valence-corrected chi connectivity index (χ4v) is 4.57. The number of hydrogen-bond acceptors (Lipinski definition) is 7. The van der Waals surface area contributed by atoms with E-state index in [4.69, 9.17) is 16.1 Å². The van der Waals surface area contributed by atoms with Crippen LogP contribution in [0.25, 0.3) is 0 Å². The number of aromatic nitrogens is 1. The quantitative estimate of drug-likeness (QED) is 0.453. The molecule has 9 nitrogen and oxygen atoms in total. The number of imide groups is 1. The van der Waals surface area contributed by atoms with Crippen molar-refractivity contribution in [3.05, 3.63) is 82.1 Å². The number of carbonyl (C=O) groups is 2. The van der Waals surface area contributed by atoms with Gasteiger partial charge in [0.1, 0.15) is 10.7 Å². The van der Waals surface area contributed by atoms with Crippen LogP contribution in [0.3, 0.4) is 0 Å². The molecule has 0 spiro atoms. The average molecular weight is 501 g/mol. The summed E-state index contributed by atoms with van der Waals surface area (Å²) in [5.74, 6) is -1.08. The second kappa shape index (κ2) is 9.32. The number of nitrogens with one attached hydrogen (secondary N) is 2. The number of halogens is 1. The number of benzene rings is 2. The van der Waals surface area contributed by atoms with Crippen molar-refractivity contribution in [2.75, 3.05) is 16.6 Å². The molecule has 2 heterocycles. The molecule has 0 radical (unpaired) electrons. The van der Waals surface area contributed by atoms with Gasteiger partial charge in [-0.1, -0.05) is 47.1 Å². The Morgan fingerprint density at radius 3 is 2.29 bits per heavy atom. The third-order valence-electron chi connectivity index (χ3n) is 5.40. The van der Waals surface area contributed by atoms with E-state index in [1.807, 2.05) is 30.3 Å². The molecule has 0 aliphatic carbocycles. The molecule has 2 amide bonds. The SMILES string of the molecule is Cc1noc(NS(=O)(=O)c2ccc(NC3=C(Cl)C(=O)N(CCc4ccccc4)C3=O)cc2)c1C. The summed E-state index contributed by atoms with van der Waals surface area (Å²) >= 11 is 6.14. The fraction of sp³-hybridized carbons (Fsp3) is 0.174. The van der Waals surface area contributed by atoms with Crippen LogP contribution in [0, 0.1) is 13.8 Å². The second-order valence-electron chi connectivity index (χ2n) is 7.66. The predicted molar refractivity (Wildman–Crippen MR) is 127 cm³/mol. The highest BCUT2D eigenvalue weighted by Gasteiger charge is 2.37. The third kappa shape index (κ3) is 4.68. The van der Waals surface area contributed by atoms with Crippen molar-refractivity contribution < 1.29 is 22.5 Å². The third-order valence-corrected chi connectivity index (χ3v) is 7.09. The molecule has 11 heteroatoms. The zero-order valence-electron chi connectivity index (χ0n) is 18.3. The van der Waals surface area contributed by atoms with Crippen molar-refractivity contribution in [3.8, 4) is 0 Å². The highest BCUT2D eigenvalue weighted by molar-refractivity contribution is 7.92. The minimum Gasteiger partial charge on any atom is -0.350 e. The van der Waals surface area contributed by atoms with Crippen molar-refractivity contribution in [3.63, 3.8) is 0 Å². The number of nitrogens with zero attached hydrogens (tertiary/aromatic N) is 2. The lowest BCUT2D eigenvalue weighted by atomic mass is 10.1. The van der Waals surface area contributed by atoms with Gasteiger partial charge in [-0.05, 0) is 50.1 Å². The van der Waals surface area contributed by atoms with Crippen LogP contribution in [0.4, 0.5) is 11.6 Å². The molecular formula is C23H21ClN4O5S. The van der Waals surface area contributed by atoms with Crippen LogP contribution in [0.5, 0.6) is 0 Å². The molecule has 2 N–H and O–H groups in total. The van der Waals surface area contributed by atoms with Gasteiger partial charge in [0.15, 0.2) is 0 Å². The van der Waals surface area contributed by atoms with Gasteiger partial charge in [-0.2, -0.15) is 0 Å². The maximum atomic E-state index is 12.8. The predicted octanol–water partition coefficient (Wildman–Crippen LogP) is 3.57. The largest absolute Gasteiger partial charge is 0.350 e. The summed E-state index contributed by atoms with van der Waals surface area (Å²) in [7, 11) is -3.92. The monoisotopic (exact) mass is 500 g/mol. The van der Waals surface area contributed by atoms with E-state index in [1.54, 1.807) is 13.8 Å². The molecule has 0 saturated heterocycles. The maximum Gasteiger partial charge on any atom is 0.278 e. The molecule has 0 bridgehead atoms. The van der Waals surface area contributed by atoms with Gasteiger partial charge in [-0.25, -0.2) is 13.1 Å². The van der Waals surface area contributed by atoms with Crippen molar-refractivity contribution in [2.45, 2.75) is 25.2 Å². The number of carbonyl (C=O) groups excluding carboxylic acids is 2. The normalized spacial score (nSPS) is 14.1. The molecule has 0 fully saturated rings. The number of aryl methyl sites for hydroxylation is 1. The number of sulfonamides is 1. The molecule has 1 aromatic heterocycles. The van der Waals surface area contributed by atoms with Crippen molar-refractivity contribution >= 4 is 45.0 Å². The molecule has 1 aliphatic heterocycles. The Labute approximate surface area is 201 Å². The minimum absolute atomic E-state index is 0.0232. The molecule has 2 aromatic carbocycles. The topological polar surface area (TPSA) is 122 Å². The van der Waals surface area contributed by atoms with Crippen LogP contribution >= 0.6 is 11.6 Å². The summed E-state index contributed by atoms with van der Waals surface area (Å²) in [4.78, 5) is 26.4. The van der Waals surface area contributed by atoms with Gasteiger partial charge in [-0.15, -0.1) is 0 Å². The van der Waals surface area contributed by atoms with Gasteiger partial charge in [0.2, 0.25) is 5.88 Å². The van der Waals surface area contributed by atoms with Crippen molar-refractivity contribution in [1.82, 2.24) is 10.1 Å². The first kappa shape index (κ1) is 23.5. The van der Waals surface area contributed by atoms with Gasteiger partial charge in [0, 0.05) is 17.8 Å². The Hall–Kier alpha value is -3.63. The second-order valence-corrected chi connectivity index (χ2v) is 9.72. The summed E-state index contributed by atoms with van der Waals surface area (Å²) in [6.45, 7) is 3.58. The zero-order valence-corrected chi connectivity index (χ0v) is 19.9. The van der Waals surface area contributed by atoms with E-state index in [2.05, 4.69) is 15.2 Å². The van der Waals surface area contributed by atoms with Gasteiger partial charge < -0.3 is 9.84 Å². The van der Waals surface area contributed by atoms with Crippen LogP contribution in [-0.2, 0) is 26.0 Å². The zero-order chi connectivity index (χ0) is 24.5. The smallest absolute Gasteiger partial charge is 0.278 e. The van der Waals surface area contributed by atoms with E-state index in [1.165, 1.54) is 24.3 Å². The molecule has 0 saturated carbocycles. The van der Waals surface area contributed by atoms with E-state index in [9.17, 15) is 18.0 Å². The fourth-order valence-electron chi connectivity index (χ4n) is 3.30. The van der Waals surface area contributed by atoms with E-state index in [0.29, 0.717) is 23.4 Å². The number of hydrogen-bond donors (Lipinski definition) is 2. The number of amides is 2. The summed E-state index contributed by atoms with van der Waals surface area (Å²) in [6, 6.07) is 15.1. The number of anilines is 2. The lowest BCUT2D eigenvalue weighted by Gasteiger charge is -2.15. The maximum absolute atomic E-state index is 12.8. The van der Waals surface area contributed by atoms with Crippen LogP contribution in [0.1, 0.15) is 16.8 Å². The molecular weight excluding hydrogens is 480 g/mol. The Morgan fingerprint density at radius 2 is 1.68 bits per heavy atom. The van der Waals surface area contributed by atoms with Crippen LogP contribution in [0.15, 0.2) is 74.7 Å². The van der Waals surface area contributed by atoms with Crippen LogP contribution in [-0.4, -0.2) is 36.8 Å². The van der Waals surface area contributed by atoms with Gasteiger partial charge in [-0.3, -0.25) is 14.5 Å². The highest BCUT2D eigenvalue weighted by atomic mass is 35.5. The summed E-state index contributed by atoms with van der Waals surface area (Å²) < 4.78 is 32.7.